The van der Waals surface area contributed by atoms with Crippen molar-refractivity contribution in [3.63, 3.8) is 0 Å². The molecule has 0 saturated carbocycles. The molecule has 0 unspecified atom stereocenters. The van der Waals surface area contributed by atoms with Crippen LogP contribution in [0.25, 0.3) is 10.4 Å². The van der Waals surface area contributed by atoms with Crippen molar-refractivity contribution in [3.05, 3.63) is 24.3 Å². The first-order chi connectivity index (χ1) is 7.22. The van der Waals surface area contributed by atoms with Crippen LogP contribution in [0.3, 0.4) is 0 Å². The van der Waals surface area contributed by atoms with Gasteiger partial charge in [-0.3, -0.25) is 0 Å². The molecule has 1 aromatic heterocycles. The van der Waals surface area contributed by atoms with Gasteiger partial charge in [0.05, 0.1) is 12.0 Å². The molecule has 0 aliphatic rings. The summed E-state index contributed by atoms with van der Waals surface area (Å²) < 4.78 is 5.25. The zero-order valence-corrected chi connectivity index (χ0v) is 9.04. The van der Waals surface area contributed by atoms with Gasteiger partial charge in [0, 0.05) is 5.56 Å². The van der Waals surface area contributed by atoms with Crippen LogP contribution in [-0.4, -0.2) is 12.1 Å². The van der Waals surface area contributed by atoms with Crippen LogP contribution in [0.4, 0.5) is 10.9 Å². The van der Waals surface area contributed by atoms with Crippen LogP contribution in [0.15, 0.2) is 24.3 Å². The van der Waals surface area contributed by atoms with Crippen LogP contribution in [0, 0.1) is 0 Å². The van der Waals surface area contributed by atoms with Crippen molar-refractivity contribution in [1.29, 1.82) is 0 Å². The molecule has 0 amide bonds. The van der Waals surface area contributed by atoms with Gasteiger partial charge in [0.25, 0.3) is 0 Å². The van der Waals surface area contributed by atoms with E-state index in [1.165, 1.54) is 11.3 Å². The third-order valence-corrected chi connectivity index (χ3v) is 2.96. The van der Waals surface area contributed by atoms with Crippen LogP contribution in [0.5, 0.6) is 5.75 Å². The predicted octanol–water partition coefficient (Wildman–Crippen LogP) is 1.98. The number of benzene rings is 1. The molecular weight excluding hydrogens is 210 g/mol. The fourth-order valence-corrected chi connectivity index (χ4v) is 2.16. The highest BCUT2D eigenvalue weighted by Crippen LogP contribution is 2.38. The fraction of sp³-hybridized carbons (Fsp3) is 0.100. The van der Waals surface area contributed by atoms with Gasteiger partial charge in [-0.15, -0.1) is 0 Å². The Balaban J connectivity index is 2.58. The molecule has 4 nitrogen and oxygen atoms in total. The zero-order chi connectivity index (χ0) is 10.8. The van der Waals surface area contributed by atoms with Gasteiger partial charge in [-0.1, -0.05) is 23.5 Å². The SMILES string of the molecule is COc1ccccc1-c1sc(N)nc1N. The smallest absolute Gasteiger partial charge is 0.182 e. The molecule has 0 radical (unpaired) electrons. The summed E-state index contributed by atoms with van der Waals surface area (Å²) in [5.41, 5.74) is 12.3. The van der Waals surface area contributed by atoms with E-state index in [2.05, 4.69) is 4.98 Å². The normalized spacial score (nSPS) is 10.2. The highest BCUT2D eigenvalue weighted by molar-refractivity contribution is 7.19. The van der Waals surface area contributed by atoms with E-state index in [9.17, 15) is 0 Å². The molecule has 0 atom stereocenters. The molecule has 78 valence electrons. The standard InChI is InChI=1S/C10H11N3OS/c1-14-7-5-3-2-4-6(7)8-9(11)13-10(12)15-8/h2-5H,11H2,1H3,(H2,12,13). The quantitative estimate of drug-likeness (QED) is 0.813. The van der Waals surface area contributed by atoms with E-state index in [0.717, 1.165) is 16.2 Å². The molecule has 5 heteroatoms. The minimum Gasteiger partial charge on any atom is -0.496 e. The van der Waals surface area contributed by atoms with Crippen molar-refractivity contribution in [1.82, 2.24) is 4.98 Å². The molecule has 0 aliphatic carbocycles. The second kappa shape index (κ2) is 3.78. The first-order valence-electron chi connectivity index (χ1n) is 4.37. The molecule has 0 spiro atoms. The van der Waals surface area contributed by atoms with Crippen molar-refractivity contribution in [2.45, 2.75) is 0 Å². The third kappa shape index (κ3) is 1.73. The van der Waals surface area contributed by atoms with Gasteiger partial charge in [-0.25, -0.2) is 4.98 Å². The summed E-state index contributed by atoms with van der Waals surface area (Å²) in [7, 11) is 1.62. The number of thiazole rings is 1. The Labute approximate surface area is 91.5 Å². The summed E-state index contributed by atoms with van der Waals surface area (Å²) in [6, 6.07) is 7.64. The van der Waals surface area contributed by atoms with Gasteiger partial charge < -0.3 is 16.2 Å². The highest BCUT2D eigenvalue weighted by atomic mass is 32.1. The predicted molar refractivity (Wildman–Crippen MR) is 62.9 cm³/mol. The lowest BCUT2D eigenvalue weighted by Gasteiger charge is -2.05. The van der Waals surface area contributed by atoms with Crippen molar-refractivity contribution in [2.75, 3.05) is 18.6 Å². The average molecular weight is 221 g/mol. The fourth-order valence-electron chi connectivity index (χ4n) is 1.37. The van der Waals surface area contributed by atoms with Crippen LogP contribution in [0.1, 0.15) is 0 Å². The van der Waals surface area contributed by atoms with E-state index >= 15 is 0 Å². The molecule has 0 saturated heterocycles. The number of hydrogen-bond acceptors (Lipinski definition) is 5. The third-order valence-electron chi connectivity index (χ3n) is 2.02. The Morgan fingerprint density at radius 3 is 2.60 bits per heavy atom. The Bertz CT molecular complexity index is 481. The Hall–Kier alpha value is -1.75. The Morgan fingerprint density at radius 2 is 2.00 bits per heavy atom. The topological polar surface area (TPSA) is 74.2 Å². The number of anilines is 2. The van der Waals surface area contributed by atoms with Crippen LogP contribution < -0.4 is 16.2 Å². The molecule has 2 rings (SSSR count). The van der Waals surface area contributed by atoms with Gasteiger partial charge in [-0.05, 0) is 12.1 Å². The van der Waals surface area contributed by atoms with Gasteiger partial charge in [0.2, 0.25) is 0 Å². The summed E-state index contributed by atoms with van der Waals surface area (Å²) >= 11 is 1.36. The van der Waals surface area contributed by atoms with E-state index in [1.807, 2.05) is 24.3 Å². The van der Waals surface area contributed by atoms with Crippen molar-refractivity contribution >= 4 is 22.3 Å². The number of aromatic nitrogens is 1. The molecule has 4 N–H and O–H groups in total. The first kappa shape index (κ1) is 9.79. The van der Waals surface area contributed by atoms with Crippen LogP contribution in [-0.2, 0) is 0 Å². The first-order valence-corrected chi connectivity index (χ1v) is 5.19. The second-order valence-corrected chi connectivity index (χ2v) is 4.00. The molecular formula is C10H11N3OS. The van der Waals surface area contributed by atoms with Crippen LogP contribution >= 0.6 is 11.3 Å². The highest BCUT2D eigenvalue weighted by Gasteiger charge is 2.12. The number of nitrogen functional groups attached to an aromatic ring is 2. The lowest BCUT2D eigenvalue weighted by atomic mass is 10.1. The average Bonchev–Trinajstić information content (AvgIpc) is 2.57. The van der Waals surface area contributed by atoms with Crippen molar-refractivity contribution < 1.29 is 4.74 Å². The van der Waals surface area contributed by atoms with Gasteiger partial charge in [0.15, 0.2) is 5.13 Å². The van der Waals surface area contributed by atoms with Gasteiger partial charge in [0.1, 0.15) is 11.6 Å². The minimum atomic E-state index is 0.446. The number of nitrogens with zero attached hydrogens (tertiary/aromatic N) is 1. The molecule has 0 fully saturated rings. The van der Waals surface area contributed by atoms with E-state index in [-0.39, 0.29) is 0 Å². The van der Waals surface area contributed by atoms with E-state index in [0.29, 0.717) is 10.9 Å². The van der Waals surface area contributed by atoms with E-state index in [4.69, 9.17) is 16.2 Å². The summed E-state index contributed by atoms with van der Waals surface area (Å²) in [5.74, 6) is 1.22. The molecule has 0 aliphatic heterocycles. The van der Waals surface area contributed by atoms with Crippen molar-refractivity contribution in [3.8, 4) is 16.2 Å². The zero-order valence-electron chi connectivity index (χ0n) is 8.23. The molecule has 2 aromatic rings. The summed E-state index contributed by atoms with van der Waals surface area (Å²) in [5, 5.41) is 0.466. The maximum Gasteiger partial charge on any atom is 0.182 e. The van der Waals surface area contributed by atoms with E-state index in [1.54, 1.807) is 7.11 Å². The number of ether oxygens (including phenoxy) is 1. The van der Waals surface area contributed by atoms with Crippen molar-refractivity contribution in [2.24, 2.45) is 0 Å². The Kier molecular flexibility index (Phi) is 2.47. The number of hydrogen-bond donors (Lipinski definition) is 2. The Morgan fingerprint density at radius 1 is 1.27 bits per heavy atom. The molecule has 1 aromatic carbocycles. The van der Waals surface area contributed by atoms with Gasteiger partial charge in [-0.2, -0.15) is 0 Å². The van der Waals surface area contributed by atoms with E-state index < -0.39 is 0 Å². The maximum absolute atomic E-state index is 5.76. The summed E-state index contributed by atoms with van der Waals surface area (Å²) in [4.78, 5) is 4.83. The molecule has 1 heterocycles. The maximum atomic E-state index is 5.76. The number of para-hydroxylation sites is 1. The largest absolute Gasteiger partial charge is 0.496 e. The minimum absolute atomic E-state index is 0.446. The number of rotatable bonds is 2. The summed E-state index contributed by atoms with van der Waals surface area (Å²) in [6.07, 6.45) is 0. The molecule has 0 bridgehead atoms. The lowest BCUT2D eigenvalue weighted by Crippen LogP contribution is -1.90. The lowest BCUT2D eigenvalue weighted by molar-refractivity contribution is 0.416. The summed E-state index contributed by atoms with van der Waals surface area (Å²) in [6.45, 7) is 0. The van der Waals surface area contributed by atoms with Gasteiger partial charge >= 0.3 is 0 Å². The number of methoxy groups -OCH3 is 1. The number of nitrogens with two attached hydrogens (primary N) is 2. The monoisotopic (exact) mass is 221 g/mol. The van der Waals surface area contributed by atoms with Crippen LogP contribution in [0.2, 0.25) is 0 Å². The second-order valence-electron chi connectivity index (χ2n) is 2.97. The molecule has 15 heavy (non-hydrogen) atoms.